The Morgan fingerprint density at radius 3 is 2.67 bits per heavy atom. The fourth-order valence-corrected chi connectivity index (χ4v) is 3.38. The maximum absolute atomic E-state index is 12.7. The molecule has 0 saturated carbocycles. The van der Waals surface area contributed by atoms with Crippen molar-refractivity contribution in [2.75, 3.05) is 19.0 Å². The van der Waals surface area contributed by atoms with E-state index in [1.807, 2.05) is 42.6 Å². The monoisotopic (exact) mass is 342 g/mol. The molecule has 6 heteroatoms. The number of ether oxygens (including phenoxy) is 1. The molecule has 0 unspecified atom stereocenters. The first-order valence-corrected chi connectivity index (χ1v) is 8.59. The van der Waals surface area contributed by atoms with Crippen LogP contribution in [0.2, 0.25) is 0 Å². The predicted molar refractivity (Wildman–Crippen MR) is 94.9 cm³/mol. The van der Waals surface area contributed by atoms with E-state index in [2.05, 4.69) is 5.32 Å². The van der Waals surface area contributed by atoms with Gasteiger partial charge in [-0.1, -0.05) is 19.1 Å². The van der Waals surface area contributed by atoms with Gasteiger partial charge in [0.2, 0.25) is 0 Å². The molecule has 2 aromatic rings. The van der Waals surface area contributed by atoms with Crippen LogP contribution < -0.4 is 10.1 Å². The maximum atomic E-state index is 12.7. The highest BCUT2D eigenvalue weighted by Gasteiger charge is 2.39. The van der Waals surface area contributed by atoms with E-state index in [1.54, 1.807) is 13.2 Å². The van der Waals surface area contributed by atoms with Crippen molar-refractivity contribution in [2.24, 2.45) is 0 Å². The van der Waals surface area contributed by atoms with Crippen molar-refractivity contribution in [2.45, 2.75) is 13.3 Å². The Hall–Kier alpha value is -2.60. The van der Waals surface area contributed by atoms with Gasteiger partial charge in [-0.2, -0.15) is 0 Å². The van der Waals surface area contributed by atoms with Crippen LogP contribution in [-0.4, -0.2) is 30.4 Å². The van der Waals surface area contributed by atoms with Gasteiger partial charge in [0.25, 0.3) is 11.8 Å². The highest BCUT2D eigenvalue weighted by Crippen LogP contribution is 2.33. The summed E-state index contributed by atoms with van der Waals surface area (Å²) in [5.74, 6) is 0.156. The Morgan fingerprint density at radius 2 is 2.00 bits per heavy atom. The molecule has 1 aromatic heterocycles. The largest absolute Gasteiger partial charge is 0.497 e. The summed E-state index contributed by atoms with van der Waals surface area (Å²) in [4.78, 5) is 27.5. The second kappa shape index (κ2) is 6.88. The Morgan fingerprint density at radius 1 is 1.17 bits per heavy atom. The van der Waals surface area contributed by atoms with Gasteiger partial charge >= 0.3 is 0 Å². The van der Waals surface area contributed by atoms with Crippen LogP contribution >= 0.6 is 11.3 Å². The minimum Gasteiger partial charge on any atom is -0.497 e. The number of anilines is 1. The van der Waals surface area contributed by atoms with Gasteiger partial charge in [-0.05, 0) is 30.0 Å². The molecule has 0 fully saturated rings. The average molecular weight is 342 g/mol. The molecule has 0 bridgehead atoms. The zero-order chi connectivity index (χ0) is 17.1. The summed E-state index contributed by atoms with van der Waals surface area (Å²) in [6, 6.07) is 11.0. The molecule has 3 rings (SSSR count). The molecule has 0 saturated heterocycles. The standard InChI is InChI=1S/C18H18N2O3S/c1-3-9-20-17(21)15(14-8-5-10-24-14)16(18(20)22)19-12-6-4-7-13(11-12)23-2/h4-8,10-11,19H,3,9H2,1-2H3. The van der Waals surface area contributed by atoms with Gasteiger partial charge in [0.05, 0.1) is 12.7 Å². The van der Waals surface area contributed by atoms with Crippen molar-refractivity contribution in [1.82, 2.24) is 4.90 Å². The highest BCUT2D eigenvalue weighted by molar-refractivity contribution is 7.11. The highest BCUT2D eigenvalue weighted by atomic mass is 32.1. The second-order valence-electron chi connectivity index (χ2n) is 5.35. The van der Waals surface area contributed by atoms with E-state index in [0.717, 1.165) is 11.3 Å². The third kappa shape index (κ3) is 2.92. The van der Waals surface area contributed by atoms with Gasteiger partial charge in [-0.15, -0.1) is 11.3 Å². The van der Waals surface area contributed by atoms with Gasteiger partial charge in [0.1, 0.15) is 11.4 Å². The zero-order valence-electron chi connectivity index (χ0n) is 13.5. The van der Waals surface area contributed by atoms with Crippen molar-refractivity contribution < 1.29 is 14.3 Å². The van der Waals surface area contributed by atoms with E-state index in [-0.39, 0.29) is 11.8 Å². The van der Waals surface area contributed by atoms with E-state index >= 15 is 0 Å². The lowest BCUT2D eigenvalue weighted by Gasteiger charge is -2.13. The lowest BCUT2D eigenvalue weighted by Crippen LogP contribution is -2.33. The molecule has 0 atom stereocenters. The topological polar surface area (TPSA) is 58.6 Å². The molecule has 2 amide bonds. The number of carbonyl (C=O) groups excluding carboxylic acids is 2. The number of nitrogens with zero attached hydrogens (tertiary/aromatic N) is 1. The molecule has 0 radical (unpaired) electrons. The molecular weight excluding hydrogens is 324 g/mol. The fourth-order valence-electron chi connectivity index (χ4n) is 2.61. The minimum atomic E-state index is -0.284. The van der Waals surface area contributed by atoms with Crippen LogP contribution in [0.5, 0.6) is 5.75 Å². The van der Waals surface area contributed by atoms with E-state index in [0.29, 0.717) is 29.3 Å². The molecule has 2 heterocycles. The smallest absolute Gasteiger partial charge is 0.278 e. The first-order chi connectivity index (χ1) is 11.7. The first-order valence-electron chi connectivity index (χ1n) is 7.71. The molecule has 0 spiro atoms. The third-order valence-electron chi connectivity index (χ3n) is 3.72. The van der Waals surface area contributed by atoms with Crippen LogP contribution in [0.25, 0.3) is 5.57 Å². The van der Waals surface area contributed by atoms with Gasteiger partial charge in [-0.25, -0.2) is 0 Å². The number of methoxy groups -OCH3 is 1. The summed E-state index contributed by atoms with van der Waals surface area (Å²) in [5, 5.41) is 5.01. The van der Waals surface area contributed by atoms with Crippen LogP contribution in [0.15, 0.2) is 47.5 Å². The number of hydrogen-bond donors (Lipinski definition) is 1. The van der Waals surface area contributed by atoms with E-state index in [1.165, 1.54) is 16.2 Å². The summed E-state index contributed by atoms with van der Waals surface area (Å²) < 4.78 is 5.21. The van der Waals surface area contributed by atoms with Crippen LogP contribution in [-0.2, 0) is 9.59 Å². The molecule has 1 aliphatic rings. The minimum absolute atomic E-state index is 0.241. The zero-order valence-corrected chi connectivity index (χ0v) is 14.4. The normalized spacial score (nSPS) is 14.5. The number of amides is 2. The Kier molecular flexibility index (Phi) is 4.66. The van der Waals surface area contributed by atoms with Crippen LogP contribution in [0.1, 0.15) is 18.2 Å². The summed E-state index contributed by atoms with van der Waals surface area (Å²) in [7, 11) is 1.59. The number of carbonyl (C=O) groups is 2. The average Bonchev–Trinajstić information content (AvgIpc) is 3.19. The molecule has 24 heavy (non-hydrogen) atoms. The fraction of sp³-hybridized carbons (Fsp3) is 0.222. The molecule has 1 aliphatic heterocycles. The molecule has 1 aromatic carbocycles. The summed E-state index contributed by atoms with van der Waals surface area (Å²) in [6.45, 7) is 2.36. The Balaban J connectivity index is 2.02. The molecule has 5 nitrogen and oxygen atoms in total. The summed E-state index contributed by atoms with van der Waals surface area (Å²) in [6.07, 6.45) is 0.724. The Bertz CT molecular complexity index is 796. The molecule has 0 aliphatic carbocycles. The van der Waals surface area contributed by atoms with Gasteiger partial charge in [0.15, 0.2) is 0 Å². The van der Waals surface area contributed by atoms with Crippen LogP contribution in [0, 0.1) is 0 Å². The van der Waals surface area contributed by atoms with Crippen molar-refractivity contribution in [3.05, 3.63) is 52.4 Å². The summed E-state index contributed by atoms with van der Waals surface area (Å²) >= 11 is 1.45. The number of benzene rings is 1. The lowest BCUT2D eigenvalue weighted by atomic mass is 10.2. The number of nitrogens with one attached hydrogen (secondary N) is 1. The first kappa shape index (κ1) is 16.3. The quantitative estimate of drug-likeness (QED) is 0.818. The van der Waals surface area contributed by atoms with E-state index < -0.39 is 0 Å². The third-order valence-corrected chi connectivity index (χ3v) is 4.61. The molecule has 124 valence electrons. The van der Waals surface area contributed by atoms with Crippen LogP contribution in [0.3, 0.4) is 0 Å². The Labute approximate surface area is 144 Å². The van der Waals surface area contributed by atoms with Gasteiger partial charge in [0, 0.05) is 23.2 Å². The second-order valence-corrected chi connectivity index (χ2v) is 6.29. The SMILES string of the molecule is CCCN1C(=O)C(Nc2cccc(OC)c2)=C(c2cccs2)C1=O. The predicted octanol–water partition coefficient (Wildman–Crippen LogP) is 3.36. The van der Waals surface area contributed by atoms with Crippen molar-refractivity contribution in [3.63, 3.8) is 0 Å². The summed E-state index contributed by atoms with van der Waals surface area (Å²) in [5.41, 5.74) is 1.47. The molecular formula is C18H18N2O3S. The van der Waals surface area contributed by atoms with E-state index in [4.69, 9.17) is 4.74 Å². The number of thiophene rings is 1. The lowest BCUT2D eigenvalue weighted by molar-refractivity contribution is -0.136. The van der Waals surface area contributed by atoms with Gasteiger partial charge < -0.3 is 10.1 Å². The van der Waals surface area contributed by atoms with Crippen molar-refractivity contribution in [3.8, 4) is 5.75 Å². The number of rotatable bonds is 6. The molecule has 1 N–H and O–H groups in total. The van der Waals surface area contributed by atoms with Crippen LogP contribution in [0.4, 0.5) is 5.69 Å². The van der Waals surface area contributed by atoms with Crippen molar-refractivity contribution >= 4 is 34.4 Å². The van der Waals surface area contributed by atoms with E-state index in [9.17, 15) is 9.59 Å². The number of imide groups is 1. The van der Waals surface area contributed by atoms with Gasteiger partial charge in [-0.3, -0.25) is 14.5 Å². The van der Waals surface area contributed by atoms with Crippen molar-refractivity contribution in [1.29, 1.82) is 0 Å². The number of hydrogen-bond acceptors (Lipinski definition) is 5. The maximum Gasteiger partial charge on any atom is 0.278 e.